The Morgan fingerprint density at radius 2 is 1.63 bits per heavy atom. The van der Waals surface area contributed by atoms with Crippen molar-refractivity contribution >= 4 is 16.0 Å². The molecule has 0 spiro atoms. The van der Waals surface area contributed by atoms with E-state index in [1.165, 1.54) is 11.1 Å². The third-order valence-electron chi connectivity index (χ3n) is 4.97. The van der Waals surface area contributed by atoms with Crippen molar-refractivity contribution in [1.82, 2.24) is 4.72 Å². The second kappa shape index (κ2) is 8.67. The maximum atomic E-state index is 12.7. The molecule has 1 aliphatic carbocycles. The molecule has 2 aromatic carbocycles. The van der Waals surface area contributed by atoms with Crippen LogP contribution in [0.5, 0.6) is 0 Å². The van der Waals surface area contributed by atoms with E-state index < -0.39 is 22.0 Å². The number of hydrogen-bond acceptors (Lipinski definition) is 3. The van der Waals surface area contributed by atoms with Gasteiger partial charge in [-0.25, -0.2) is 13.1 Å². The highest BCUT2D eigenvalue weighted by atomic mass is 32.2. The van der Waals surface area contributed by atoms with Crippen LogP contribution in [0.1, 0.15) is 29.5 Å². The minimum atomic E-state index is -3.49. The van der Waals surface area contributed by atoms with Crippen LogP contribution in [-0.4, -0.2) is 31.3 Å². The Labute approximate surface area is 160 Å². The summed E-state index contributed by atoms with van der Waals surface area (Å²) in [4.78, 5) is 10.9. The molecule has 2 aromatic rings. The number of sulfonamides is 1. The van der Waals surface area contributed by atoms with E-state index in [9.17, 15) is 13.2 Å². The number of nitrogens with one attached hydrogen (secondary N) is 1. The lowest BCUT2D eigenvalue weighted by Crippen LogP contribution is -2.39. The topological polar surface area (TPSA) is 83.5 Å². The smallest absolute Gasteiger partial charge is 0.303 e. The van der Waals surface area contributed by atoms with Crippen LogP contribution in [0.4, 0.5) is 0 Å². The first-order valence-electron chi connectivity index (χ1n) is 9.24. The number of carboxylic acids is 1. The van der Waals surface area contributed by atoms with E-state index >= 15 is 0 Å². The predicted molar refractivity (Wildman–Crippen MR) is 105 cm³/mol. The summed E-state index contributed by atoms with van der Waals surface area (Å²) in [5.41, 5.74) is 3.44. The molecule has 0 amide bonds. The Kier molecular flexibility index (Phi) is 6.29. The summed E-state index contributed by atoms with van der Waals surface area (Å²) < 4.78 is 28.2. The van der Waals surface area contributed by atoms with Gasteiger partial charge in [-0.2, -0.15) is 0 Å². The molecular formula is C21H25NO4S. The molecule has 0 heterocycles. The molecule has 0 radical (unpaired) electrons. The van der Waals surface area contributed by atoms with Gasteiger partial charge in [0.05, 0.1) is 5.75 Å². The molecule has 0 saturated heterocycles. The van der Waals surface area contributed by atoms with Crippen LogP contribution in [0, 0.1) is 5.92 Å². The molecular weight excluding hydrogens is 362 g/mol. The molecule has 5 nitrogen and oxygen atoms in total. The molecule has 3 rings (SSSR count). The fraction of sp³-hybridized carbons (Fsp3) is 0.381. The highest BCUT2D eigenvalue weighted by Gasteiger charge is 2.28. The Balaban J connectivity index is 1.63. The van der Waals surface area contributed by atoms with Crippen LogP contribution in [-0.2, 0) is 34.1 Å². The highest BCUT2D eigenvalue weighted by molar-refractivity contribution is 7.89. The molecule has 6 heteroatoms. The van der Waals surface area contributed by atoms with Crippen molar-refractivity contribution < 1.29 is 18.3 Å². The molecule has 1 atom stereocenters. The lowest BCUT2D eigenvalue weighted by molar-refractivity contribution is -0.137. The average Bonchev–Trinajstić information content (AvgIpc) is 3.01. The lowest BCUT2D eigenvalue weighted by atomic mass is 10.0. The predicted octanol–water partition coefficient (Wildman–Crippen LogP) is 2.80. The monoisotopic (exact) mass is 387 g/mol. The summed E-state index contributed by atoms with van der Waals surface area (Å²) >= 11 is 0. The van der Waals surface area contributed by atoms with Crippen molar-refractivity contribution in [3.8, 4) is 0 Å². The normalized spacial score (nSPS) is 15.4. The number of carboxylic acid groups (broad SMARTS) is 1. The summed E-state index contributed by atoms with van der Waals surface area (Å²) in [5, 5.41) is 8.98. The molecule has 0 bridgehead atoms. The highest BCUT2D eigenvalue weighted by Crippen LogP contribution is 2.27. The van der Waals surface area contributed by atoms with Crippen molar-refractivity contribution in [3.63, 3.8) is 0 Å². The number of carbonyl (C=O) groups is 1. The fourth-order valence-corrected chi connectivity index (χ4v) is 5.44. The quantitative estimate of drug-likeness (QED) is 0.693. The second-order valence-corrected chi connectivity index (χ2v) is 9.06. The Bertz CT molecular complexity index is 855. The SMILES string of the molecule is O=C(O)CCC(Cc1ccccc1)NS(=O)(=O)CC1Cc2ccccc2C1. The molecule has 0 aliphatic heterocycles. The van der Waals surface area contributed by atoms with Gasteiger partial charge in [-0.15, -0.1) is 0 Å². The molecule has 1 aliphatic rings. The first-order chi connectivity index (χ1) is 12.9. The fourth-order valence-electron chi connectivity index (χ4n) is 3.78. The molecule has 144 valence electrons. The van der Waals surface area contributed by atoms with Gasteiger partial charge in [0.15, 0.2) is 0 Å². The standard InChI is InChI=1S/C21H25NO4S/c23-21(24)11-10-20(14-16-6-2-1-3-7-16)22-27(25,26)15-17-12-18-8-4-5-9-19(18)13-17/h1-9,17,20,22H,10-15H2,(H,23,24). The number of hydrogen-bond donors (Lipinski definition) is 2. The van der Waals surface area contributed by atoms with Gasteiger partial charge in [0.1, 0.15) is 0 Å². The first-order valence-corrected chi connectivity index (χ1v) is 10.9. The van der Waals surface area contributed by atoms with E-state index in [1.807, 2.05) is 42.5 Å². The van der Waals surface area contributed by atoms with Crippen molar-refractivity contribution in [2.75, 3.05) is 5.75 Å². The third kappa shape index (κ3) is 5.91. The van der Waals surface area contributed by atoms with Crippen LogP contribution in [0.15, 0.2) is 54.6 Å². The van der Waals surface area contributed by atoms with Gasteiger partial charge < -0.3 is 5.11 Å². The molecule has 2 N–H and O–H groups in total. The van der Waals surface area contributed by atoms with Crippen LogP contribution in [0.2, 0.25) is 0 Å². The van der Waals surface area contributed by atoms with Crippen LogP contribution < -0.4 is 4.72 Å². The van der Waals surface area contributed by atoms with Gasteiger partial charge in [-0.1, -0.05) is 54.6 Å². The van der Waals surface area contributed by atoms with Crippen LogP contribution in [0.25, 0.3) is 0 Å². The Morgan fingerprint density at radius 1 is 1.04 bits per heavy atom. The second-order valence-electron chi connectivity index (χ2n) is 7.26. The van der Waals surface area contributed by atoms with E-state index in [2.05, 4.69) is 16.9 Å². The van der Waals surface area contributed by atoms with Crippen molar-refractivity contribution in [1.29, 1.82) is 0 Å². The lowest BCUT2D eigenvalue weighted by Gasteiger charge is -2.20. The van der Waals surface area contributed by atoms with Crippen molar-refractivity contribution in [3.05, 3.63) is 71.3 Å². The maximum Gasteiger partial charge on any atom is 0.303 e. The van der Waals surface area contributed by atoms with Crippen LogP contribution >= 0.6 is 0 Å². The van der Waals surface area contributed by atoms with E-state index in [-0.39, 0.29) is 24.5 Å². The average molecular weight is 388 g/mol. The summed E-state index contributed by atoms with van der Waals surface area (Å²) in [6.45, 7) is 0. The largest absolute Gasteiger partial charge is 0.481 e. The molecule has 0 saturated carbocycles. The van der Waals surface area contributed by atoms with E-state index in [0.29, 0.717) is 6.42 Å². The minimum Gasteiger partial charge on any atom is -0.481 e. The molecule has 1 unspecified atom stereocenters. The van der Waals surface area contributed by atoms with Crippen molar-refractivity contribution in [2.45, 2.75) is 38.1 Å². The van der Waals surface area contributed by atoms with E-state index in [0.717, 1.165) is 18.4 Å². The van der Waals surface area contributed by atoms with Crippen LogP contribution in [0.3, 0.4) is 0 Å². The zero-order valence-electron chi connectivity index (χ0n) is 15.2. The van der Waals surface area contributed by atoms with Gasteiger partial charge in [-0.3, -0.25) is 4.79 Å². The van der Waals surface area contributed by atoms with E-state index in [4.69, 9.17) is 5.11 Å². The van der Waals surface area contributed by atoms with Gasteiger partial charge in [0.2, 0.25) is 10.0 Å². The minimum absolute atomic E-state index is 0.0606. The van der Waals surface area contributed by atoms with Gasteiger partial charge >= 0.3 is 5.97 Å². The first kappa shape index (κ1) is 19.6. The summed E-state index contributed by atoms with van der Waals surface area (Å²) in [5.74, 6) is -0.782. The maximum absolute atomic E-state index is 12.7. The van der Waals surface area contributed by atoms with Crippen molar-refractivity contribution in [2.24, 2.45) is 5.92 Å². The third-order valence-corrected chi connectivity index (χ3v) is 6.57. The number of aliphatic carboxylic acids is 1. The van der Waals surface area contributed by atoms with Gasteiger partial charge in [-0.05, 0) is 48.3 Å². The Hall–Kier alpha value is -2.18. The van der Waals surface area contributed by atoms with E-state index in [1.54, 1.807) is 0 Å². The molecule has 27 heavy (non-hydrogen) atoms. The summed E-state index contributed by atoms with van der Waals surface area (Å²) in [7, 11) is -3.49. The molecule has 0 aromatic heterocycles. The number of fused-ring (bicyclic) bond motifs is 1. The number of benzene rings is 2. The zero-order valence-corrected chi connectivity index (χ0v) is 16.0. The Morgan fingerprint density at radius 3 is 2.22 bits per heavy atom. The summed E-state index contributed by atoms with van der Waals surface area (Å²) in [6.07, 6.45) is 2.24. The van der Waals surface area contributed by atoms with Gasteiger partial charge in [0.25, 0.3) is 0 Å². The molecule has 0 fully saturated rings. The summed E-state index contributed by atoms with van der Waals surface area (Å²) in [6, 6.07) is 17.2. The zero-order chi connectivity index (χ0) is 19.3. The number of rotatable bonds is 9. The van der Waals surface area contributed by atoms with Gasteiger partial charge in [0, 0.05) is 12.5 Å².